The maximum Gasteiger partial charge on any atom is 0.410 e. The molecule has 0 spiro atoms. The van der Waals surface area contributed by atoms with E-state index in [4.69, 9.17) is 4.74 Å². The standard InChI is InChI=1S/C20H32N2O3S/c1-20(2,3)26(24)21-18-12-7-8-14-22(15-9-13-18)19(23)25-16-17-10-5-4-6-11-17/h4-6,10-11,18,21H,7-9,12-16H2,1-3H3. The van der Waals surface area contributed by atoms with Gasteiger partial charge in [0.05, 0.1) is 15.7 Å². The third-order valence-electron chi connectivity index (χ3n) is 4.50. The molecule has 2 rings (SSSR count). The lowest BCUT2D eigenvalue weighted by Crippen LogP contribution is -2.40. The Labute approximate surface area is 160 Å². The van der Waals surface area contributed by atoms with Crippen LogP contribution in [-0.2, 0) is 22.3 Å². The van der Waals surface area contributed by atoms with Gasteiger partial charge < -0.3 is 9.64 Å². The summed E-state index contributed by atoms with van der Waals surface area (Å²) in [5, 5.41) is 0. The zero-order chi connectivity index (χ0) is 19.0. The number of ether oxygens (including phenoxy) is 1. The minimum atomic E-state index is -1.05. The Morgan fingerprint density at radius 3 is 2.50 bits per heavy atom. The molecule has 1 amide bonds. The smallest absolute Gasteiger partial charge is 0.410 e. The first-order valence-corrected chi connectivity index (χ1v) is 10.6. The number of rotatable bonds is 4. The predicted octanol–water partition coefficient (Wildman–Crippen LogP) is 4.01. The van der Waals surface area contributed by atoms with Crippen LogP contribution in [0.25, 0.3) is 0 Å². The van der Waals surface area contributed by atoms with Crippen LogP contribution in [-0.4, -0.2) is 39.1 Å². The minimum absolute atomic E-state index is 0.237. The zero-order valence-corrected chi connectivity index (χ0v) is 17.0. The summed E-state index contributed by atoms with van der Waals surface area (Å²) in [4.78, 5) is 14.2. The molecule has 0 aromatic heterocycles. The van der Waals surface area contributed by atoms with Gasteiger partial charge in [0, 0.05) is 19.1 Å². The second kappa shape index (κ2) is 10.1. The van der Waals surface area contributed by atoms with Gasteiger partial charge in [-0.2, -0.15) is 0 Å². The SMILES string of the molecule is CC(C)(C)S(=O)NC1CCCCN(C(=O)OCc2ccccc2)CCC1. The highest BCUT2D eigenvalue weighted by Crippen LogP contribution is 2.17. The highest BCUT2D eigenvalue weighted by Gasteiger charge is 2.24. The maximum atomic E-state index is 12.4. The molecule has 0 bridgehead atoms. The number of benzene rings is 1. The fourth-order valence-electron chi connectivity index (χ4n) is 2.92. The summed E-state index contributed by atoms with van der Waals surface area (Å²) < 4.78 is 20.8. The monoisotopic (exact) mass is 380 g/mol. The number of nitrogens with zero attached hydrogens (tertiary/aromatic N) is 1. The van der Waals surface area contributed by atoms with Crippen LogP contribution in [0, 0.1) is 0 Å². The van der Waals surface area contributed by atoms with Crippen molar-refractivity contribution in [3.63, 3.8) is 0 Å². The molecule has 1 aromatic rings. The Hall–Kier alpha value is -1.40. The first-order valence-electron chi connectivity index (χ1n) is 9.50. The van der Waals surface area contributed by atoms with E-state index in [1.54, 1.807) is 0 Å². The van der Waals surface area contributed by atoms with E-state index in [0.717, 1.165) is 44.2 Å². The number of nitrogens with one attached hydrogen (secondary N) is 1. The normalized spacial score (nSPS) is 20.6. The Morgan fingerprint density at radius 2 is 1.81 bits per heavy atom. The molecular formula is C20H32N2O3S. The fraction of sp³-hybridized carbons (Fsp3) is 0.650. The van der Waals surface area contributed by atoms with E-state index in [0.29, 0.717) is 13.2 Å². The van der Waals surface area contributed by atoms with Crippen LogP contribution in [0.1, 0.15) is 58.4 Å². The van der Waals surface area contributed by atoms with Gasteiger partial charge in [-0.3, -0.25) is 0 Å². The van der Waals surface area contributed by atoms with Crippen molar-refractivity contribution in [3.05, 3.63) is 35.9 Å². The van der Waals surface area contributed by atoms with Crippen LogP contribution in [0.2, 0.25) is 0 Å². The van der Waals surface area contributed by atoms with Gasteiger partial charge in [-0.1, -0.05) is 36.8 Å². The lowest BCUT2D eigenvalue weighted by Gasteiger charge is -2.24. The van der Waals surface area contributed by atoms with Crippen LogP contribution in [0.15, 0.2) is 30.3 Å². The molecule has 1 heterocycles. The van der Waals surface area contributed by atoms with Crippen molar-refractivity contribution in [2.24, 2.45) is 0 Å². The van der Waals surface area contributed by atoms with Gasteiger partial charge >= 0.3 is 6.09 Å². The molecule has 6 heteroatoms. The Kier molecular flexibility index (Phi) is 8.10. The van der Waals surface area contributed by atoms with Crippen LogP contribution in [0.4, 0.5) is 4.79 Å². The average molecular weight is 381 g/mol. The summed E-state index contributed by atoms with van der Waals surface area (Å²) in [6.45, 7) is 7.67. The van der Waals surface area contributed by atoms with E-state index in [9.17, 15) is 9.00 Å². The molecule has 2 unspecified atom stereocenters. The molecule has 0 saturated carbocycles. The number of carbonyl (C=O) groups excluding carboxylic acids is 1. The maximum absolute atomic E-state index is 12.4. The molecule has 1 aromatic carbocycles. The molecule has 1 aliphatic heterocycles. The molecule has 5 nitrogen and oxygen atoms in total. The summed E-state index contributed by atoms with van der Waals surface area (Å²) in [5.74, 6) is 0. The van der Waals surface area contributed by atoms with Crippen LogP contribution < -0.4 is 4.72 Å². The summed E-state index contributed by atoms with van der Waals surface area (Å²) in [6.07, 6.45) is 4.53. The average Bonchev–Trinajstić information content (AvgIpc) is 2.72. The van der Waals surface area contributed by atoms with Gasteiger partial charge in [-0.15, -0.1) is 0 Å². The molecule has 2 atom stereocenters. The summed E-state index contributed by atoms with van der Waals surface area (Å²) in [6, 6.07) is 9.99. The van der Waals surface area contributed by atoms with E-state index < -0.39 is 11.0 Å². The Bertz CT molecular complexity index is 586. The van der Waals surface area contributed by atoms with E-state index in [1.807, 2.05) is 56.0 Å². The van der Waals surface area contributed by atoms with Crippen molar-refractivity contribution in [3.8, 4) is 0 Å². The molecule has 1 aliphatic rings. The van der Waals surface area contributed by atoms with Gasteiger partial charge in [0.2, 0.25) is 0 Å². The van der Waals surface area contributed by atoms with Crippen molar-refractivity contribution in [1.82, 2.24) is 9.62 Å². The summed E-state index contributed by atoms with van der Waals surface area (Å²) in [7, 11) is -1.05. The molecule has 1 saturated heterocycles. The zero-order valence-electron chi connectivity index (χ0n) is 16.2. The molecule has 1 fully saturated rings. The largest absolute Gasteiger partial charge is 0.445 e. The first kappa shape index (κ1) is 20.9. The Balaban J connectivity index is 1.81. The number of amides is 1. The van der Waals surface area contributed by atoms with Gasteiger partial charge in [-0.25, -0.2) is 13.7 Å². The van der Waals surface area contributed by atoms with E-state index in [-0.39, 0.29) is 16.9 Å². The van der Waals surface area contributed by atoms with Crippen molar-refractivity contribution < 1.29 is 13.7 Å². The predicted molar refractivity (Wildman–Crippen MR) is 106 cm³/mol. The molecule has 1 N–H and O–H groups in total. The molecule has 0 radical (unpaired) electrons. The Morgan fingerprint density at radius 1 is 1.15 bits per heavy atom. The second-order valence-corrected chi connectivity index (χ2v) is 9.86. The van der Waals surface area contributed by atoms with Crippen molar-refractivity contribution in [1.29, 1.82) is 0 Å². The third kappa shape index (κ3) is 7.08. The minimum Gasteiger partial charge on any atom is -0.445 e. The van der Waals surface area contributed by atoms with Crippen LogP contribution >= 0.6 is 0 Å². The fourth-order valence-corrected chi connectivity index (χ4v) is 3.81. The van der Waals surface area contributed by atoms with Gasteiger partial charge in [0.15, 0.2) is 0 Å². The van der Waals surface area contributed by atoms with Crippen LogP contribution in [0.3, 0.4) is 0 Å². The highest BCUT2D eigenvalue weighted by molar-refractivity contribution is 7.84. The molecule has 146 valence electrons. The molecule has 26 heavy (non-hydrogen) atoms. The first-order chi connectivity index (χ1) is 12.4. The van der Waals surface area contributed by atoms with E-state index in [1.165, 1.54) is 0 Å². The lowest BCUT2D eigenvalue weighted by molar-refractivity contribution is 0.0954. The van der Waals surface area contributed by atoms with E-state index >= 15 is 0 Å². The van der Waals surface area contributed by atoms with Gasteiger partial charge in [-0.05, 0) is 52.0 Å². The quantitative estimate of drug-likeness (QED) is 0.858. The van der Waals surface area contributed by atoms with Crippen molar-refractivity contribution >= 4 is 17.1 Å². The number of hydrogen-bond donors (Lipinski definition) is 1. The molecular weight excluding hydrogens is 348 g/mol. The molecule has 0 aliphatic carbocycles. The van der Waals surface area contributed by atoms with Crippen LogP contribution in [0.5, 0.6) is 0 Å². The second-order valence-electron chi connectivity index (χ2n) is 7.86. The summed E-state index contributed by atoms with van der Waals surface area (Å²) in [5.41, 5.74) is 0.999. The highest BCUT2D eigenvalue weighted by atomic mass is 32.2. The lowest BCUT2D eigenvalue weighted by atomic mass is 10.1. The van der Waals surface area contributed by atoms with E-state index in [2.05, 4.69) is 4.72 Å². The number of hydrogen-bond acceptors (Lipinski definition) is 3. The topological polar surface area (TPSA) is 58.6 Å². The summed E-state index contributed by atoms with van der Waals surface area (Å²) >= 11 is 0. The van der Waals surface area contributed by atoms with Gasteiger partial charge in [0.25, 0.3) is 0 Å². The third-order valence-corrected chi connectivity index (χ3v) is 6.16. The van der Waals surface area contributed by atoms with Crippen molar-refractivity contribution in [2.75, 3.05) is 13.1 Å². The van der Waals surface area contributed by atoms with Crippen molar-refractivity contribution in [2.45, 2.75) is 70.3 Å². The number of carbonyl (C=O) groups is 1. The van der Waals surface area contributed by atoms with Gasteiger partial charge in [0.1, 0.15) is 6.61 Å².